The number of aryl methyl sites for hydroxylation is 1. The Bertz CT molecular complexity index is 472. The van der Waals surface area contributed by atoms with Crippen molar-refractivity contribution in [3.05, 3.63) is 23.8 Å². The fraction of sp³-hybridized carbons (Fsp3) is 0.429. The quantitative estimate of drug-likeness (QED) is 0.759. The second-order valence-corrected chi connectivity index (χ2v) is 4.63. The van der Waals surface area contributed by atoms with Gasteiger partial charge in [-0.1, -0.05) is 13.0 Å². The molecule has 0 heterocycles. The van der Waals surface area contributed by atoms with Crippen molar-refractivity contribution in [2.24, 2.45) is 5.73 Å². The van der Waals surface area contributed by atoms with E-state index in [0.717, 1.165) is 12.0 Å². The Balaban J connectivity index is 2.74. The van der Waals surface area contributed by atoms with Crippen LogP contribution >= 0.6 is 0 Å². The van der Waals surface area contributed by atoms with Crippen molar-refractivity contribution >= 4 is 23.2 Å². The summed E-state index contributed by atoms with van der Waals surface area (Å²) < 4.78 is 0. The molecule has 5 heteroatoms. The maximum Gasteiger partial charge on any atom is 0.225 e. The summed E-state index contributed by atoms with van der Waals surface area (Å²) >= 11 is 0. The van der Waals surface area contributed by atoms with Crippen LogP contribution in [0, 0.1) is 6.92 Å². The summed E-state index contributed by atoms with van der Waals surface area (Å²) in [7, 11) is 0. The maximum atomic E-state index is 11.7. The summed E-state index contributed by atoms with van der Waals surface area (Å²) in [4.78, 5) is 22.8. The van der Waals surface area contributed by atoms with E-state index in [2.05, 4.69) is 10.6 Å². The van der Waals surface area contributed by atoms with E-state index in [1.165, 1.54) is 6.92 Å². The number of hydrogen-bond acceptors (Lipinski definition) is 3. The van der Waals surface area contributed by atoms with Gasteiger partial charge in [0.2, 0.25) is 11.8 Å². The van der Waals surface area contributed by atoms with Crippen LogP contribution in [0.5, 0.6) is 0 Å². The van der Waals surface area contributed by atoms with Gasteiger partial charge in [0.1, 0.15) is 0 Å². The normalized spacial score (nSPS) is 11.8. The van der Waals surface area contributed by atoms with Gasteiger partial charge in [-0.3, -0.25) is 9.59 Å². The first-order valence-corrected chi connectivity index (χ1v) is 6.36. The fourth-order valence-electron chi connectivity index (χ4n) is 1.62. The number of anilines is 2. The highest BCUT2D eigenvalue weighted by Crippen LogP contribution is 2.20. The van der Waals surface area contributed by atoms with Crippen LogP contribution < -0.4 is 16.4 Å². The highest BCUT2D eigenvalue weighted by Gasteiger charge is 2.09. The van der Waals surface area contributed by atoms with E-state index in [0.29, 0.717) is 17.8 Å². The molecule has 1 rings (SSSR count). The number of rotatable bonds is 5. The van der Waals surface area contributed by atoms with Crippen molar-refractivity contribution in [3.63, 3.8) is 0 Å². The second-order valence-electron chi connectivity index (χ2n) is 4.63. The lowest BCUT2D eigenvalue weighted by atomic mass is 10.1. The Kier molecular flexibility index (Phi) is 5.51. The van der Waals surface area contributed by atoms with Crippen LogP contribution in [0.4, 0.5) is 11.4 Å². The molecule has 0 fully saturated rings. The molecular weight excluding hydrogens is 242 g/mol. The minimum absolute atomic E-state index is 0.119. The molecule has 104 valence electrons. The van der Waals surface area contributed by atoms with Crippen LogP contribution in [0.25, 0.3) is 0 Å². The lowest BCUT2D eigenvalue weighted by molar-refractivity contribution is -0.116. The van der Waals surface area contributed by atoms with Gasteiger partial charge in [0.15, 0.2) is 0 Å². The standard InChI is InChI=1S/C14H21N3O2/c1-4-11(15)7-14(19)17-12-6-5-9(2)13(8-12)16-10(3)18/h5-6,8,11H,4,7,15H2,1-3H3,(H,16,18)(H,17,19). The van der Waals surface area contributed by atoms with Crippen LogP contribution in [-0.2, 0) is 9.59 Å². The molecule has 1 aromatic carbocycles. The number of nitrogens with two attached hydrogens (primary N) is 1. The molecule has 1 atom stereocenters. The molecule has 0 radical (unpaired) electrons. The van der Waals surface area contributed by atoms with Crippen molar-refractivity contribution in [2.45, 2.75) is 39.7 Å². The smallest absolute Gasteiger partial charge is 0.225 e. The Morgan fingerprint density at radius 2 is 2.00 bits per heavy atom. The molecule has 0 aliphatic carbocycles. The van der Waals surface area contributed by atoms with Crippen molar-refractivity contribution in [1.29, 1.82) is 0 Å². The number of benzene rings is 1. The van der Waals surface area contributed by atoms with Crippen molar-refractivity contribution in [1.82, 2.24) is 0 Å². The third-order valence-electron chi connectivity index (χ3n) is 2.80. The van der Waals surface area contributed by atoms with Gasteiger partial charge in [-0.25, -0.2) is 0 Å². The number of amides is 2. The minimum Gasteiger partial charge on any atom is -0.327 e. The SMILES string of the molecule is CCC(N)CC(=O)Nc1ccc(C)c(NC(C)=O)c1. The molecule has 19 heavy (non-hydrogen) atoms. The molecule has 0 saturated heterocycles. The summed E-state index contributed by atoms with van der Waals surface area (Å²) in [5.74, 6) is -0.258. The molecule has 0 saturated carbocycles. The summed E-state index contributed by atoms with van der Waals surface area (Å²) in [6.45, 7) is 5.29. The number of carbonyl (C=O) groups is 2. The van der Waals surface area contributed by atoms with Gasteiger partial charge < -0.3 is 16.4 Å². The van der Waals surface area contributed by atoms with Crippen molar-refractivity contribution < 1.29 is 9.59 Å². The third-order valence-corrected chi connectivity index (χ3v) is 2.80. The van der Waals surface area contributed by atoms with E-state index < -0.39 is 0 Å². The topological polar surface area (TPSA) is 84.2 Å². The van der Waals surface area contributed by atoms with E-state index in [4.69, 9.17) is 5.73 Å². The lowest BCUT2D eigenvalue weighted by Crippen LogP contribution is -2.26. The zero-order valence-corrected chi connectivity index (χ0v) is 11.6. The van der Waals surface area contributed by atoms with E-state index in [9.17, 15) is 9.59 Å². The van der Waals surface area contributed by atoms with Crippen LogP contribution in [0.15, 0.2) is 18.2 Å². The summed E-state index contributed by atoms with van der Waals surface area (Å²) in [5.41, 5.74) is 8.03. The highest BCUT2D eigenvalue weighted by molar-refractivity contribution is 5.94. The molecule has 0 bridgehead atoms. The fourth-order valence-corrected chi connectivity index (χ4v) is 1.62. The third kappa shape index (κ3) is 5.09. The summed E-state index contributed by atoms with van der Waals surface area (Å²) in [6, 6.07) is 5.27. The molecule has 0 aliphatic heterocycles. The van der Waals surface area contributed by atoms with Gasteiger partial charge in [-0.2, -0.15) is 0 Å². The molecule has 1 aromatic rings. The Labute approximate surface area is 113 Å². The first-order valence-electron chi connectivity index (χ1n) is 6.36. The van der Waals surface area contributed by atoms with E-state index in [1.807, 2.05) is 19.9 Å². The first-order chi connectivity index (χ1) is 8.92. The largest absolute Gasteiger partial charge is 0.327 e. The highest BCUT2D eigenvalue weighted by atomic mass is 16.2. The van der Waals surface area contributed by atoms with E-state index in [-0.39, 0.29) is 17.9 Å². The predicted molar refractivity (Wildman–Crippen MR) is 77.0 cm³/mol. The van der Waals surface area contributed by atoms with Gasteiger partial charge in [-0.15, -0.1) is 0 Å². The molecule has 4 N–H and O–H groups in total. The van der Waals surface area contributed by atoms with Crippen molar-refractivity contribution in [2.75, 3.05) is 10.6 Å². The van der Waals surface area contributed by atoms with Gasteiger partial charge in [0, 0.05) is 30.8 Å². The number of hydrogen-bond donors (Lipinski definition) is 3. The maximum absolute atomic E-state index is 11.7. The first kappa shape index (κ1) is 15.2. The predicted octanol–water partition coefficient (Wildman–Crippen LogP) is 2.02. The van der Waals surface area contributed by atoms with Gasteiger partial charge in [-0.05, 0) is 31.0 Å². The Morgan fingerprint density at radius 1 is 1.32 bits per heavy atom. The molecule has 2 amide bonds. The van der Waals surface area contributed by atoms with Crippen LogP contribution in [-0.4, -0.2) is 17.9 Å². The van der Waals surface area contributed by atoms with Crippen LogP contribution in [0.3, 0.4) is 0 Å². The second kappa shape index (κ2) is 6.89. The Morgan fingerprint density at radius 3 is 2.58 bits per heavy atom. The molecule has 0 spiro atoms. The van der Waals surface area contributed by atoms with E-state index >= 15 is 0 Å². The summed E-state index contributed by atoms with van der Waals surface area (Å²) in [6.07, 6.45) is 1.05. The van der Waals surface area contributed by atoms with Crippen LogP contribution in [0.1, 0.15) is 32.3 Å². The average Bonchev–Trinajstić information content (AvgIpc) is 2.32. The van der Waals surface area contributed by atoms with Gasteiger partial charge in [0.25, 0.3) is 0 Å². The molecule has 0 aliphatic rings. The summed E-state index contributed by atoms with van der Waals surface area (Å²) in [5, 5.41) is 5.50. The minimum atomic E-state index is -0.139. The van der Waals surface area contributed by atoms with Crippen molar-refractivity contribution in [3.8, 4) is 0 Å². The number of nitrogens with one attached hydrogen (secondary N) is 2. The average molecular weight is 263 g/mol. The molecule has 1 unspecified atom stereocenters. The zero-order valence-electron chi connectivity index (χ0n) is 11.6. The van der Waals surface area contributed by atoms with Gasteiger partial charge in [0.05, 0.1) is 0 Å². The molecular formula is C14H21N3O2. The monoisotopic (exact) mass is 263 g/mol. The molecule has 0 aromatic heterocycles. The number of carbonyl (C=O) groups excluding carboxylic acids is 2. The Hall–Kier alpha value is -1.88. The van der Waals surface area contributed by atoms with Crippen LogP contribution in [0.2, 0.25) is 0 Å². The van der Waals surface area contributed by atoms with E-state index in [1.54, 1.807) is 12.1 Å². The zero-order chi connectivity index (χ0) is 14.4. The van der Waals surface area contributed by atoms with Gasteiger partial charge >= 0.3 is 0 Å². The molecule has 5 nitrogen and oxygen atoms in total. The lowest BCUT2D eigenvalue weighted by Gasteiger charge is -2.12.